The lowest BCUT2D eigenvalue weighted by Crippen LogP contribution is -2.53. The second kappa shape index (κ2) is 7.43. The molecule has 2 rings (SSSR count). The number of sulfonamides is 1. The Kier molecular flexibility index (Phi) is 5.72. The van der Waals surface area contributed by atoms with E-state index in [-0.39, 0.29) is 10.8 Å². The fourth-order valence-electron chi connectivity index (χ4n) is 2.54. The van der Waals surface area contributed by atoms with Crippen LogP contribution >= 0.6 is 0 Å². The molecule has 0 aliphatic heterocycles. The van der Waals surface area contributed by atoms with Crippen molar-refractivity contribution in [1.29, 1.82) is 0 Å². The molecular weight excluding hydrogens is 337 g/mol. The fraction of sp³-hybridized carbons (Fsp3) is 0.412. The Morgan fingerprint density at radius 3 is 2.32 bits per heavy atom. The third-order valence-electron chi connectivity index (χ3n) is 4.15. The number of carbonyl (C=O) groups is 1. The molecule has 1 amide bonds. The summed E-state index contributed by atoms with van der Waals surface area (Å²) in [5.74, 6) is -1.15. The standard InChI is InChI=1S/C17H23BN3O3S/c1-12(2)15(18-17-20(4)10-11-21(17)5)16(22)19-25(23,24)14-8-6-13(3)7-9-14/h6-12,15H,1-5H3/q-1/p+1. The first-order valence-corrected chi connectivity index (χ1v) is 9.59. The summed E-state index contributed by atoms with van der Waals surface area (Å²) < 4.78 is 30.9. The highest BCUT2D eigenvalue weighted by molar-refractivity contribution is 7.90. The molecule has 0 aliphatic rings. The van der Waals surface area contributed by atoms with Gasteiger partial charge in [0.2, 0.25) is 0 Å². The average molecular weight is 361 g/mol. The van der Waals surface area contributed by atoms with E-state index < -0.39 is 21.7 Å². The molecule has 0 aliphatic carbocycles. The SMILES string of the molecule is Cc1ccc(S(=O)(=O)NC(=O)C([B-]c2n(C)cc[n+]2C)C(C)C)cc1. The van der Waals surface area contributed by atoms with Crippen LogP contribution in [0.2, 0.25) is 5.82 Å². The number of hydrogen-bond acceptors (Lipinski definition) is 3. The molecule has 0 spiro atoms. The molecule has 0 saturated carbocycles. The number of aryl methyl sites for hydroxylation is 3. The lowest BCUT2D eigenvalue weighted by atomic mass is 9.58. The number of amides is 1. The van der Waals surface area contributed by atoms with Gasteiger partial charge in [-0.2, -0.15) is 7.28 Å². The van der Waals surface area contributed by atoms with Crippen molar-refractivity contribution >= 4 is 28.9 Å². The highest BCUT2D eigenvalue weighted by Crippen LogP contribution is 2.18. The van der Waals surface area contributed by atoms with E-state index >= 15 is 0 Å². The van der Waals surface area contributed by atoms with Crippen LogP contribution in [-0.4, -0.2) is 26.2 Å². The van der Waals surface area contributed by atoms with Crippen molar-refractivity contribution < 1.29 is 17.8 Å². The first-order chi connectivity index (χ1) is 11.6. The Hall–Kier alpha value is -2.09. The van der Waals surface area contributed by atoms with Gasteiger partial charge in [-0.05, 0) is 19.1 Å². The van der Waals surface area contributed by atoms with Crippen LogP contribution in [0.25, 0.3) is 0 Å². The van der Waals surface area contributed by atoms with Crippen molar-refractivity contribution in [2.45, 2.75) is 31.5 Å². The van der Waals surface area contributed by atoms with Gasteiger partial charge in [-0.3, -0.25) is 18.7 Å². The van der Waals surface area contributed by atoms with Crippen molar-refractivity contribution in [3.8, 4) is 0 Å². The Bertz CT molecular complexity index is 838. The number of rotatable bonds is 6. The van der Waals surface area contributed by atoms with Crippen LogP contribution in [0.15, 0.2) is 41.6 Å². The molecule has 1 unspecified atom stereocenters. The van der Waals surface area contributed by atoms with Crippen LogP contribution in [0.4, 0.5) is 0 Å². The van der Waals surface area contributed by atoms with Crippen molar-refractivity contribution in [1.82, 2.24) is 9.29 Å². The van der Waals surface area contributed by atoms with Crippen LogP contribution in [0.3, 0.4) is 0 Å². The number of aromatic nitrogens is 2. The molecule has 2 radical (unpaired) electrons. The van der Waals surface area contributed by atoms with Gasteiger partial charge in [-0.25, -0.2) is 8.42 Å². The smallest absolute Gasteiger partial charge is 0.263 e. The van der Waals surface area contributed by atoms with Gasteiger partial charge >= 0.3 is 0 Å². The number of hydrogen-bond donors (Lipinski definition) is 1. The van der Waals surface area contributed by atoms with Gasteiger partial charge in [0.1, 0.15) is 12.4 Å². The summed E-state index contributed by atoms with van der Waals surface area (Å²) in [6.45, 7) is 5.66. The molecular formula is C17H24BN3O3S. The van der Waals surface area contributed by atoms with E-state index in [0.717, 1.165) is 11.3 Å². The number of nitrogens with one attached hydrogen (secondary N) is 1. The summed E-state index contributed by atoms with van der Waals surface area (Å²) >= 11 is 0. The van der Waals surface area contributed by atoms with Gasteiger partial charge < -0.3 is 0 Å². The van der Waals surface area contributed by atoms with Crippen molar-refractivity contribution in [2.24, 2.45) is 20.0 Å². The minimum absolute atomic E-state index is 0.0527. The first-order valence-electron chi connectivity index (χ1n) is 8.11. The molecule has 8 heteroatoms. The zero-order chi connectivity index (χ0) is 18.8. The predicted octanol–water partition coefficient (Wildman–Crippen LogP) is 0.437. The third kappa shape index (κ3) is 4.51. The monoisotopic (exact) mass is 361 g/mol. The molecule has 0 bridgehead atoms. The first kappa shape index (κ1) is 19.2. The van der Waals surface area contributed by atoms with Gasteiger partial charge in [0.25, 0.3) is 10.0 Å². The molecule has 1 aromatic heterocycles. The zero-order valence-electron chi connectivity index (χ0n) is 15.2. The minimum Gasteiger partial charge on any atom is -0.280 e. The van der Waals surface area contributed by atoms with E-state index in [9.17, 15) is 13.2 Å². The summed E-state index contributed by atoms with van der Waals surface area (Å²) in [4.78, 5) is 12.7. The minimum atomic E-state index is -3.89. The Labute approximate surface area is 150 Å². The van der Waals surface area contributed by atoms with Crippen LogP contribution in [-0.2, 0) is 28.9 Å². The number of carbonyl (C=O) groups excluding carboxylic acids is 1. The van der Waals surface area contributed by atoms with Crippen molar-refractivity contribution in [2.75, 3.05) is 0 Å². The molecule has 134 valence electrons. The summed E-state index contributed by atoms with van der Waals surface area (Å²) in [5.41, 5.74) is 1.79. The summed E-state index contributed by atoms with van der Waals surface area (Å²) in [7, 11) is 1.67. The van der Waals surface area contributed by atoms with E-state index in [1.807, 2.05) is 56.4 Å². The highest BCUT2D eigenvalue weighted by atomic mass is 32.2. The fourth-order valence-corrected chi connectivity index (χ4v) is 3.56. The second-order valence-electron chi connectivity index (χ2n) is 6.60. The maximum absolute atomic E-state index is 12.6. The number of benzene rings is 1. The average Bonchev–Trinajstić information content (AvgIpc) is 2.83. The summed E-state index contributed by atoms with van der Waals surface area (Å²) in [6, 6.07) is 6.40. The van der Waals surface area contributed by atoms with E-state index in [2.05, 4.69) is 4.72 Å². The molecule has 1 heterocycles. The molecule has 2 aromatic rings. The molecule has 6 nitrogen and oxygen atoms in total. The third-order valence-corrected chi connectivity index (χ3v) is 5.52. The lowest BCUT2D eigenvalue weighted by Gasteiger charge is -2.29. The Balaban J connectivity index is 2.22. The molecule has 25 heavy (non-hydrogen) atoms. The van der Waals surface area contributed by atoms with E-state index in [0.29, 0.717) is 0 Å². The van der Waals surface area contributed by atoms with Crippen molar-refractivity contribution in [3.05, 3.63) is 42.2 Å². The molecule has 1 atom stereocenters. The topological polar surface area (TPSA) is 72.0 Å². The summed E-state index contributed by atoms with van der Waals surface area (Å²) in [6.07, 6.45) is 3.76. The predicted molar refractivity (Wildman–Crippen MR) is 97.1 cm³/mol. The van der Waals surface area contributed by atoms with Crippen LogP contribution < -0.4 is 15.0 Å². The second-order valence-corrected chi connectivity index (χ2v) is 8.28. The van der Waals surface area contributed by atoms with Gasteiger partial charge in [-0.1, -0.05) is 37.5 Å². The molecule has 0 fully saturated rings. The molecule has 1 aromatic carbocycles. The summed E-state index contributed by atoms with van der Waals surface area (Å²) in [5, 5.41) is 0. The Morgan fingerprint density at radius 1 is 1.24 bits per heavy atom. The van der Waals surface area contributed by atoms with Gasteiger partial charge in [0.15, 0.2) is 5.91 Å². The number of imidazole rings is 1. The van der Waals surface area contributed by atoms with Crippen LogP contribution in [0, 0.1) is 12.8 Å². The maximum atomic E-state index is 12.6. The largest absolute Gasteiger partial charge is 0.280 e. The Morgan fingerprint density at radius 2 is 1.84 bits per heavy atom. The maximum Gasteiger partial charge on any atom is 0.263 e. The van der Waals surface area contributed by atoms with E-state index in [1.54, 1.807) is 19.4 Å². The van der Waals surface area contributed by atoms with Crippen molar-refractivity contribution in [3.63, 3.8) is 0 Å². The number of nitrogens with zero attached hydrogens (tertiary/aromatic N) is 2. The molecule has 0 saturated heterocycles. The van der Waals surface area contributed by atoms with Gasteiger partial charge in [0, 0.05) is 5.72 Å². The molecule has 1 N–H and O–H groups in total. The lowest BCUT2D eigenvalue weighted by molar-refractivity contribution is -0.653. The van der Waals surface area contributed by atoms with Gasteiger partial charge in [0.05, 0.1) is 19.0 Å². The van der Waals surface area contributed by atoms with Crippen LogP contribution in [0.5, 0.6) is 0 Å². The zero-order valence-corrected chi connectivity index (χ0v) is 16.0. The quantitative estimate of drug-likeness (QED) is 0.599. The van der Waals surface area contributed by atoms with Gasteiger partial charge in [-0.15, -0.1) is 5.82 Å². The van der Waals surface area contributed by atoms with E-state index in [4.69, 9.17) is 0 Å². The normalized spacial score (nSPS) is 13.0. The van der Waals surface area contributed by atoms with Crippen LogP contribution in [0.1, 0.15) is 19.4 Å². The highest BCUT2D eigenvalue weighted by Gasteiger charge is 2.22. The van der Waals surface area contributed by atoms with E-state index in [1.165, 1.54) is 12.1 Å².